The molecule has 0 spiro atoms. The molecule has 5 heteroatoms. The second kappa shape index (κ2) is 5.37. The molecule has 2 rings (SSSR count). The average molecular weight is 409 g/mol. The van der Waals surface area contributed by atoms with Gasteiger partial charge in [0.2, 0.25) is 0 Å². The minimum Gasteiger partial charge on any atom is -0.319 e. The fraction of sp³-hybridized carbons (Fsp3) is 0.385. The molecule has 2 N–H and O–H groups in total. The summed E-state index contributed by atoms with van der Waals surface area (Å²) in [6.45, 7) is 6.69. The van der Waals surface area contributed by atoms with Gasteiger partial charge in [0.1, 0.15) is 0 Å². The van der Waals surface area contributed by atoms with Crippen LogP contribution in [0.15, 0.2) is 26.5 Å². The van der Waals surface area contributed by atoms with Crippen LogP contribution >= 0.6 is 54.5 Å². The highest BCUT2D eigenvalue weighted by Crippen LogP contribution is 2.39. The van der Waals surface area contributed by atoms with Crippen molar-refractivity contribution in [2.75, 3.05) is 0 Å². The Labute approximate surface area is 133 Å². The molecule has 0 aliphatic heterocycles. The van der Waals surface area contributed by atoms with Gasteiger partial charge in [0.15, 0.2) is 0 Å². The van der Waals surface area contributed by atoms with E-state index < -0.39 is 0 Å². The summed E-state index contributed by atoms with van der Waals surface area (Å²) in [5.41, 5.74) is 6.53. The number of thiophene rings is 2. The minimum absolute atomic E-state index is 0.0290. The highest BCUT2D eigenvalue weighted by molar-refractivity contribution is 9.13. The van der Waals surface area contributed by atoms with E-state index in [-0.39, 0.29) is 11.5 Å². The van der Waals surface area contributed by atoms with Crippen LogP contribution in [-0.4, -0.2) is 0 Å². The number of hydrogen-bond donors (Lipinski definition) is 1. The van der Waals surface area contributed by atoms with Crippen LogP contribution in [0.4, 0.5) is 0 Å². The van der Waals surface area contributed by atoms with Gasteiger partial charge < -0.3 is 5.73 Å². The van der Waals surface area contributed by atoms with Crippen molar-refractivity contribution >= 4 is 54.5 Å². The summed E-state index contributed by atoms with van der Waals surface area (Å²) in [6.07, 6.45) is 0. The lowest BCUT2D eigenvalue weighted by atomic mass is 9.95. The van der Waals surface area contributed by atoms with Crippen LogP contribution in [0.3, 0.4) is 0 Å². The van der Waals surface area contributed by atoms with Crippen molar-refractivity contribution in [3.05, 3.63) is 41.1 Å². The van der Waals surface area contributed by atoms with E-state index in [2.05, 4.69) is 70.8 Å². The van der Waals surface area contributed by atoms with Crippen LogP contribution in [0.2, 0.25) is 0 Å². The molecule has 0 radical (unpaired) electrons. The zero-order chi connectivity index (χ0) is 13.5. The number of rotatable bonds is 2. The lowest BCUT2D eigenvalue weighted by Crippen LogP contribution is -2.09. The molecule has 2 heterocycles. The lowest BCUT2D eigenvalue weighted by molar-refractivity contribution is 0.604. The highest BCUT2D eigenvalue weighted by atomic mass is 79.9. The van der Waals surface area contributed by atoms with E-state index in [9.17, 15) is 0 Å². The molecule has 1 nitrogen and oxygen atoms in total. The summed E-state index contributed by atoms with van der Waals surface area (Å²) in [7, 11) is 0. The molecule has 2 aromatic heterocycles. The molecule has 1 atom stereocenters. The molecule has 98 valence electrons. The van der Waals surface area contributed by atoms with Crippen LogP contribution in [-0.2, 0) is 5.41 Å². The van der Waals surface area contributed by atoms with E-state index in [0.29, 0.717) is 0 Å². The van der Waals surface area contributed by atoms with E-state index in [0.717, 1.165) is 8.26 Å². The predicted octanol–water partition coefficient (Wildman–Crippen LogP) is 5.68. The van der Waals surface area contributed by atoms with Crippen LogP contribution in [0.5, 0.6) is 0 Å². The van der Waals surface area contributed by atoms with Crippen molar-refractivity contribution in [2.24, 2.45) is 5.73 Å². The third-order valence-corrected chi connectivity index (χ3v) is 7.58. The third kappa shape index (κ3) is 3.07. The summed E-state index contributed by atoms with van der Waals surface area (Å²) >= 11 is 10.5. The summed E-state index contributed by atoms with van der Waals surface area (Å²) < 4.78 is 2.17. The van der Waals surface area contributed by atoms with E-state index in [1.54, 1.807) is 11.3 Å². The van der Waals surface area contributed by atoms with Gasteiger partial charge in [0.05, 0.1) is 9.83 Å². The van der Waals surface area contributed by atoms with Crippen LogP contribution in [0.1, 0.15) is 41.4 Å². The third-order valence-electron chi connectivity index (χ3n) is 2.64. The van der Waals surface area contributed by atoms with Crippen molar-refractivity contribution < 1.29 is 0 Å². The van der Waals surface area contributed by atoms with E-state index in [1.165, 1.54) is 14.6 Å². The first-order chi connectivity index (χ1) is 8.29. The molecular formula is C13H15Br2NS2. The molecule has 0 saturated carbocycles. The average Bonchev–Trinajstić information content (AvgIpc) is 2.85. The van der Waals surface area contributed by atoms with Gasteiger partial charge in [-0.2, -0.15) is 0 Å². The smallest absolute Gasteiger partial charge is 0.0843 e. The van der Waals surface area contributed by atoms with Crippen LogP contribution in [0, 0.1) is 0 Å². The quantitative estimate of drug-likeness (QED) is 0.679. The van der Waals surface area contributed by atoms with Crippen molar-refractivity contribution in [3.8, 4) is 0 Å². The SMILES string of the molecule is CC(C)(C)c1ccc(C(N)c2cc(Br)c(Br)s2)s1. The maximum atomic E-state index is 6.33. The van der Waals surface area contributed by atoms with Gasteiger partial charge in [-0.1, -0.05) is 20.8 Å². The molecule has 0 saturated heterocycles. The molecule has 0 bridgehead atoms. The summed E-state index contributed by atoms with van der Waals surface area (Å²) in [5.74, 6) is 0. The van der Waals surface area contributed by atoms with Gasteiger partial charge in [-0.05, 0) is 55.5 Å². The van der Waals surface area contributed by atoms with Crippen molar-refractivity contribution in [1.82, 2.24) is 0 Å². The number of hydrogen-bond acceptors (Lipinski definition) is 3. The second-order valence-corrected chi connectivity index (χ2v) is 9.57. The topological polar surface area (TPSA) is 26.0 Å². The van der Waals surface area contributed by atoms with Gasteiger partial charge in [-0.3, -0.25) is 0 Å². The van der Waals surface area contributed by atoms with Gasteiger partial charge in [-0.15, -0.1) is 22.7 Å². The Kier molecular flexibility index (Phi) is 4.39. The standard InChI is InChI=1S/C13H15Br2NS2/c1-13(2,3)10-5-4-8(17-10)11(16)9-6-7(14)12(15)18-9/h4-6,11H,16H2,1-3H3. The normalized spacial score (nSPS) is 13.9. The maximum Gasteiger partial charge on any atom is 0.0843 e. The van der Waals surface area contributed by atoms with Crippen molar-refractivity contribution in [2.45, 2.75) is 32.2 Å². The predicted molar refractivity (Wildman–Crippen MR) is 88.8 cm³/mol. The molecule has 0 amide bonds. The first kappa shape index (κ1) is 14.7. The molecule has 0 aliphatic rings. The zero-order valence-corrected chi connectivity index (χ0v) is 15.3. The second-order valence-electron chi connectivity index (χ2n) is 5.20. The molecule has 0 aliphatic carbocycles. The van der Waals surface area contributed by atoms with E-state index >= 15 is 0 Å². The lowest BCUT2D eigenvalue weighted by Gasteiger charge is -2.15. The van der Waals surface area contributed by atoms with E-state index in [4.69, 9.17) is 5.73 Å². The fourth-order valence-electron chi connectivity index (χ4n) is 1.58. The summed E-state index contributed by atoms with van der Waals surface area (Å²) in [6, 6.07) is 6.41. The van der Waals surface area contributed by atoms with Gasteiger partial charge in [0, 0.05) is 19.1 Å². The largest absolute Gasteiger partial charge is 0.319 e. The zero-order valence-electron chi connectivity index (χ0n) is 10.5. The number of halogens is 2. The molecule has 0 fully saturated rings. The Morgan fingerprint density at radius 2 is 1.78 bits per heavy atom. The molecule has 1 unspecified atom stereocenters. The Hall–Kier alpha value is 0.320. The van der Waals surface area contributed by atoms with Crippen LogP contribution < -0.4 is 5.73 Å². The molecule has 18 heavy (non-hydrogen) atoms. The summed E-state index contributed by atoms with van der Waals surface area (Å²) in [5, 5.41) is 0. The fourth-order valence-corrected chi connectivity index (χ4v) is 4.85. The van der Waals surface area contributed by atoms with E-state index in [1.807, 2.05) is 11.3 Å². The molecule has 0 aromatic carbocycles. The van der Waals surface area contributed by atoms with Gasteiger partial charge in [0.25, 0.3) is 0 Å². The summed E-state index contributed by atoms with van der Waals surface area (Å²) in [4.78, 5) is 3.78. The van der Waals surface area contributed by atoms with Crippen molar-refractivity contribution in [1.29, 1.82) is 0 Å². The maximum absolute atomic E-state index is 6.33. The van der Waals surface area contributed by atoms with Crippen molar-refractivity contribution in [3.63, 3.8) is 0 Å². The Balaban J connectivity index is 2.29. The molecular weight excluding hydrogens is 394 g/mol. The Bertz CT molecular complexity index is 532. The minimum atomic E-state index is -0.0290. The Morgan fingerprint density at radius 1 is 1.11 bits per heavy atom. The first-order valence-electron chi connectivity index (χ1n) is 5.59. The monoisotopic (exact) mass is 407 g/mol. The number of nitrogens with two attached hydrogens (primary N) is 1. The molecule has 2 aromatic rings. The van der Waals surface area contributed by atoms with Crippen LogP contribution in [0.25, 0.3) is 0 Å². The highest BCUT2D eigenvalue weighted by Gasteiger charge is 2.20. The van der Waals surface area contributed by atoms with Gasteiger partial charge in [-0.25, -0.2) is 0 Å². The first-order valence-corrected chi connectivity index (χ1v) is 8.81. The Morgan fingerprint density at radius 3 is 2.22 bits per heavy atom. The van der Waals surface area contributed by atoms with Gasteiger partial charge >= 0.3 is 0 Å².